The standard InChI is InChI=1S/C23H36O3SSi/c1-22(2,3)28(6,7)26-21-14-13-18(24)17-20(21)23(4,15-16-25-5)27-19-11-9-8-10-12-19/h8-12,15-16,20-21H,13-14,17H2,1-7H3. The maximum Gasteiger partial charge on any atom is 0.192 e. The predicted octanol–water partition coefficient (Wildman–Crippen LogP) is 6.46. The van der Waals surface area contributed by atoms with E-state index in [1.54, 1.807) is 25.1 Å². The third-order valence-electron chi connectivity index (χ3n) is 6.21. The number of ether oxygens (including phenoxy) is 1. The van der Waals surface area contributed by atoms with Crippen molar-refractivity contribution in [1.29, 1.82) is 0 Å². The molecule has 3 nitrogen and oxygen atoms in total. The Morgan fingerprint density at radius 2 is 1.79 bits per heavy atom. The minimum atomic E-state index is -1.93. The fourth-order valence-corrected chi connectivity index (χ4v) is 6.13. The zero-order valence-electron chi connectivity index (χ0n) is 18.5. The van der Waals surface area contributed by atoms with Crippen molar-refractivity contribution in [2.24, 2.45) is 5.92 Å². The van der Waals surface area contributed by atoms with E-state index in [1.165, 1.54) is 4.90 Å². The molecule has 0 aliphatic heterocycles. The molecule has 1 aliphatic carbocycles. The Bertz CT molecular complexity index is 681. The summed E-state index contributed by atoms with van der Waals surface area (Å²) in [5.41, 5.74) is 0. The zero-order valence-corrected chi connectivity index (χ0v) is 20.3. The third kappa shape index (κ3) is 5.74. The Morgan fingerprint density at radius 3 is 2.36 bits per heavy atom. The summed E-state index contributed by atoms with van der Waals surface area (Å²) in [6.07, 6.45) is 5.93. The molecular formula is C23H36O3SSi. The fraction of sp³-hybridized carbons (Fsp3) is 0.609. The SMILES string of the molecule is COC=CC(C)(Sc1ccccc1)C1CC(=O)CCC1O[Si](C)(C)C(C)(C)C. The van der Waals surface area contributed by atoms with Gasteiger partial charge in [0.1, 0.15) is 5.78 Å². The number of ketones is 1. The molecule has 0 bridgehead atoms. The number of Topliss-reactive ketones (excluding diaryl/α,β-unsaturated/α-hetero) is 1. The second-order valence-corrected chi connectivity index (χ2v) is 15.8. The second kappa shape index (κ2) is 9.18. The highest BCUT2D eigenvalue weighted by Gasteiger charge is 2.47. The smallest absolute Gasteiger partial charge is 0.192 e. The van der Waals surface area contributed by atoms with Crippen LogP contribution in [0.15, 0.2) is 47.6 Å². The topological polar surface area (TPSA) is 35.5 Å². The maximum atomic E-state index is 12.4. The van der Waals surface area contributed by atoms with Crippen molar-refractivity contribution in [3.8, 4) is 0 Å². The van der Waals surface area contributed by atoms with E-state index < -0.39 is 8.32 Å². The van der Waals surface area contributed by atoms with Gasteiger partial charge in [0.2, 0.25) is 0 Å². The summed E-state index contributed by atoms with van der Waals surface area (Å²) in [5.74, 6) is 0.449. The van der Waals surface area contributed by atoms with Gasteiger partial charge in [-0.05, 0) is 49.7 Å². The number of thioether (sulfide) groups is 1. The minimum Gasteiger partial charge on any atom is -0.505 e. The van der Waals surface area contributed by atoms with Crippen LogP contribution in [0.4, 0.5) is 0 Å². The summed E-state index contributed by atoms with van der Waals surface area (Å²) < 4.78 is 11.8. The zero-order chi connectivity index (χ0) is 21.0. The molecule has 28 heavy (non-hydrogen) atoms. The Balaban J connectivity index is 2.38. The lowest BCUT2D eigenvalue weighted by Crippen LogP contribution is -2.51. The highest BCUT2D eigenvalue weighted by molar-refractivity contribution is 8.00. The molecule has 0 heterocycles. The minimum absolute atomic E-state index is 0.0845. The molecule has 1 aliphatic rings. The number of rotatable bonds is 7. The Morgan fingerprint density at radius 1 is 1.14 bits per heavy atom. The van der Waals surface area contributed by atoms with E-state index in [1.807, 2.05) is 6.07 Å². The molecule has 2 rings (SSSR count). The molecule has 1 aromatic carbocycles. The van der Waals surface area contributed by atoms with Crippen molar-refractivity contribution < 1.29 is 14.0 Å². The van der Waals surface area contributed by atoms with Gasteiger partial charge in [-0.2, -0.15) is 0 Å². The van der Waals surface area contributed by atoms with Crippen LogP contribution >= 0.6 is 11.8 Å². The summed E-state index contributed by atoms with van der Waals surface area (Å²) >= 11 is 1.79. The molecule has 0 radical (unpaired) electrons. The monoisotopic (exact) mass is 420 g/mol. The summed E-state index contributed by atoms with van der Waals surface area (Å²) in [6, 6.07) is 10.4. The van der Waals surface area contributed by atoms with Crippen LogP contribution in [-0.2, 0) is 14.0 Å². The second-order valence-electron chi connectivity index (χ2n) is 9.44. The number of benzene rings is 1. The van der Waals surface area contributed by atoms with Crippen LogP contribution in [-0.4, -0.2) is 32.1 Å². The molecule has 3 atom stereocenters. The largest absolute Gasteiger partial charge is 0.505 e. The van der Waals surface area contributed by atoms with Crippen molar-refractivity contribution in [2.75, 3.05) is 7.11 Å². The van der Waals surface area contributed by atoms with E-state index in [9.17, 15) is 4.79 Å². The maximum absolute atomic E-state index is 12.4. The molecule has 0 spiro atoms. The van der Waals surface area contributed by atoms with Gasteiger partial charge in [-0.25, -0.2) is 0 Å². The molecule has 156 valence electrons. The number of hydrogen-bond acceptors (Lipinski definition) is 4. The van der Waals surface area contributed by atoms with Crippen LogP contribution in [0, 0.1) is 5.92 Å². The Kier molecular flexibility index (Phi) is 7.62. The van der Waals surface area contributed by atoms with E-state index in [2.05, 4.69) is 71.1 Å². The van der Waals surface area contributed by atoms with Gasteiger partial charge >= 0.3 is 0 Å². The van der Waals surface area contributed by atoms with E-state index in [4.69, 9.17) is 9.16 Å². The van der Waals surface area contributed by atoms with Crippen molar-refractivity contribution in [3.63, 3.8) is 0 Å². The lowest BCUT2D eigenvalue weighted by Gasteiger charge is -2.47. The molecule has 0 amide bonds. The normalized spacial score (nSPS) is 23.6. The molecule has 1 saturated carbocycles. The van der Waals surface area contributed by atoms with Gasteiger partial charge in [0.15, 0.2) is 8.32 Å². The van der Waals surface area contributed by atoms with Gasteiger partial charge in [0, 0.05) is 28.4 Å². The first-order valence-corrected chi connectivity index (χ1v) is 13.8. The highest BCUT2D eigenvalue weighted by atomic mass is 32.2. The van der Waals surface area contributed by atoms with Gasteiger partial charge in [-0.3, -0.25) is 4.79 Å². The number of carbonyl (C=O) groups excluding carboxylic acids is 1. The first kappa shape index (κ1) is 23.2. The van der Waals surface area contributed by atoms with Gasteiger partial charge in [0.05, 0.1) is 19.5 Å². The van der Waals surface area contributed by atoms with Crippen molar-refractivity contribution in [3.05, 3.63) is 42.7 Å². The molecule has 1 aromatic rings. The Labute approximate surface area is 176 Å². The van der Waals surface area contributed by atoms with Crippen LogP contribution in [0.5, 0.6) is 0 Å². The first-order valence-electron chi connectivity index (χ1n) is 10.1. The third-order valence-corrected chi connectivity index (χ3v) is 12.1. The van der Waals surface area contributed by atoms with Crippen LogP contribution in [0.3, 0.4) is 0 Å². The first-order chi connectivity index (χ1) is 13.0. The van der Waals surface area contributed by atoms with Crippen LogP contribution in [0.1, 0.15) is 47.0 Å². The number of hydrogen-bond donors (Lipinski definition) is 0. The van der Waals surface area contributed by atoms with Crippen LogP contribution in [0.25, 0.3) is 0 Å². The van der Waals surface area contributed by atoms with Crippen LogP contribution < -0.4 is 0 Å². The van der Waals surface area contributed by atoms with Crippen LogP contribution in [0.2, 0.25) is 18.1 Å². The van der Waals surface area contributed by atoms with Gasteiger partial charge in [-0.15, -0.1) is 11.8 Å². The van der Waals surface area contributed by atoms with E-state index >= 15 is 0 Å². The van der Waals surface area contributed by atoms with Gasteiger partial charge < -0.3 is 9.16 Å². The fourth-order valence-electron chi connectivity index (χ4n) is 3.43. The van der Waals surface area contributed by atoms with Crippen molar-refractivity contribution in [1.82, 2.24) is 0 Å². The van der Waals surface area contributed by atoms with Gasteiger partial charge in [0.25, 0.3) is 0 Å². The van der Waals surface area contributed by atoms with Gasteiger partial charge in [-0.1, -0.05) is 39.0 Å². The molecular weight excluding hydrogens is 384 g/mol. The molecule has 3 unspecified atom stereocenters. The number of carbonyl (C=O) groups is 1. The molecule has 0 saturated heterocycles. The summed E-state index contributed by atoms with van der Waals surface area (Å²) in [6.45, 7) is 13.6. The Hall–Kier alpha value is -1.04. The van der Waals surface area contributed by atoms with E-state index in [0.717, 1.165) is 6.42 Å². The average Bonchev–Trinajstić information content (AvgIpc) is 2.61. The molecule has 5 heteroatoms. The molecule has 0 N–H and O–H groups in total. The summed E-state index contributed by atoms with van der Waals surface area (Å²) in [4.78, 5) is 13.6. The van der Waals surface area contributed by atoms with E-state index in [-0.39, 0.29) is 21.8 Å². The van der Waals surface area contributed by atoms with E-state index in [0.29, 0.717) is 18.6 Å². The lowest BCUT2D eigenvalue weighted by molar-refractivity contribution is -0.124. The lowest BCUT2D eigenvalue weighted by atomic mass is 9.77. The number of methoxy groups -OCH3 is 1. The molecule has 1 fully saturated rings. The highest BCUT2D eigenvalue weighted by Crippen LogP contribution is 2.48. The molecule has 0 aromatic heterocycles. The average molecular weight is 421 g/mol. The van der Waals surface area contributed by atoms with Crippen molar-refractivity contribution >= 4 is 25.9 Å². The summed E-state index contributed by atoms with van der Waals surface area (Å²) in [5, 5.41) is 0.143. The van der Waals surface area contributed by atoms with Crippen molar-refractivity contribution in [2.45, 2.75) is 80.8 Å². The quantitative estimate of drug-likeness (QED) is 0.288. The summed E-state index contributed by atoms with van der Waals surface area (Å²) in [7, 11) is -0.268. The predicted molar refractivity (Wildman–Crippen MR) is 121 cm³/mol.